The quantitative estimate of drug-likeness (QED) is 0.897. The molecule has 1 N–H and O–H groups in total. The molecular formula is C16H23FN2. The average molecular weight is 262 g/mol. The van der Waals surface area contributed by atoms with Gasteiger partial charge < -0.3 is 10.2 Å². The second-order valence-electron chi connectivity index (χ2n) is 6.24. The zero-order valence-corrected chi connectivity index (χ0v) is 11.6. The molecule has 0 amide bonds. The highest BCUT2D eigenvalue weighted by atomic mass is 19.1. The Morgan fingerprint density at radius 3 is 2.63 bits per heavy atom. The highest BCUT2D eigenvalue weighted by Crippen LogP contribution is 2.37. The van der Waals surface area contributed by atoms with Gasteiger partial charge in [-0.15, -0.1) is 0 Å². The van der Waals surface area contributed by atoms with Crippen LogP contribution in [0.15, 0.2) is 24.3 Å². The van der Waals surface area contributed by atoms with Crippen LogP contribution >= 0.6 is 0 Å². The van der Waals surface area contributed by atoms with Gasteiger partial charge in [0.2, 0.25) is 0 Å². The zero-order chi connectivity index (χ0) is 13.2. The first kappa shape index (κ1) is 13.1. The molecule has 19 heavy (non-hydrogen) atoms. The van der Waals surface area contributed by atoms with Gasteiger partial charge in [-0.05, 0) is 68.9 Å². The first-order chi connectivity index (χ1) is 9.20. The molecule has 2 nitrogen and oxygen atoms in total. The average Bonchev–Trinajstić information content (AvgIpc) is 2.75. The van der Waals surface area contributed by atoms with Crippen LogP contribution in [0.5, 0.6) is 0 Å². The number of hydrogen-bond acceptors (Lipinski definition) is 2. The molecule has 2 fully saturated rings. The Labute approximate surface area is 115 Å². The Bertz CT molecular complexity index is 411. The van der Waals surface area contributed by atoms with Crippen LogP contribution in [-0.2, 0) is 0 Å². The number of nitrogens with one attached hydrogen (secondary N) is 1. The van der Waals surface area contributed by atoms with Crippen molar-refractivity contribution in [2.45, 2.75) is 31.2 Å². The fourth-order valence-electron chi connectivity index (χ4n) is 3.32. The van der Waals surface area contributed by atoms with Gasteiger partial charge in [-0.2, -0.15) is 0 Å². The summed E-state index contributed by atoms with van der Waals surface area (Å²) in [4.78, 5) is 2.41. The van der Waals surface area contributed by atoms with Gasteiger partial charge in [0, 0.05) is 12.6 Å². The van der Waals surface area contributed by atoms with Crippen molar-refractivity contribution in [1.82, 2.24) is 10.2 Å². The number of nitrogens with zero attached hydrogens (tertiary/aromatic N) is 1. The molecule has 0 aromatic heterocycles. The summed E-state index contributed by atoms with van der Waals surface area (Å²) in [6.07, 6.45) is 3.74. The summed E-state index contributed by atoms with van der Waals surface area (Å²) < 4.78 is 12.9. The molecule has 0 bridgehead atoms. The number of likely N-dealkylation sites (tertiary alicyclic amines) is 1. The van der Waals surface area contributed by atoms with Crippen LogP contribution in [0, 0.1) is 11.7 Å². The second kappa shape index (κ2) is 5.59. The minimum Gasteiger partial charge on any atom is -0.314 e. The van der Waals surface area contributed by atoms with Crippen molar-refractivity contribution in [3.05, 3.63) is 35.6 Å². The number of benzene rings is 1. The van der Waals surface area contributed by atoms with Gasteiger partial charge in [-0.1, -0.05) is 12.1 Å². The molecule has 3 rings (SSSR count). The van der Waals surface area contributed by atoms with Crippen molar-refractivity contribution in [3.8, 4) is 0 Å². The lowest BCUT2D eigenvalue weighted by Gasteiger charge is -2.37. The van der Waals surface area contributed by atoms with Crippen LogP contribution in [0.3, 0.4) is 0 Å². The van der Waals surface area contributed by atoms with Gasteiger partial charge in [0.15, 0.2) is 0 Å². The van der Waals surface area contributed by atoms with Crippen molar-refractivity contribution in [1.29, 1.82) is 0 Å². The van der Waals surface area contributed by atoms with E-state index in [2.05, 4.69) is 17.3 Å². The van der Waals surface area contributed by atoms with Crippen molar-refractivity contribution in [2.75, 3.05) is 26.7 Å². The van der Waals surface area contributed by atoms with Crippen LogP contribution < -0.4 is 5.32 Å². The largest absolute Gasteiger partial charge is 0.314 e. The molecule has 3 heteroatoms. The van der Waals surface area contributed by atoms with Crippen LogP contribution in [0.25, 0.3) is 0 Å². The molecule has 1 saturated heterocycles. The molecule has 1 unspecified atom stereocenters. The second-order valence-corrected chi connectivity index (χ2v) is 6.24. The molecular weight excluding hydrogens is 239 g/mol. The highest BCUT2D eigenvalue weighted by Gasteiger charge is 2.30. The third-order valence-corrected chi connectivity index (χ3v) is 4.66. The molecule has 0 radical (unpaired) electrons. The van der Waals surface area contributed by atoms with Crippen LogP contribution in [-0.4, -0.2) is 37.6 Å². The summed E-state index contributed by atoms with van der Waals surface area (Å²) in [5, 5.41) is 3.69. The normalized spacial score (nSPS) is 31.4. The fraction of sp³-hybridized carbons (Fsp3) is 0.625. The van der Waals surface area contributed by atoms with Crippen molar-refractivity contribution >= 4 is 0 Å². The molecule has 1 aliphatic carbocycles. The first-order valence-corrected chi connectivity index (χ1v) is 7.38. The summed E-state index contributed by atoms with van der Waals surface area (Å²) in [5.74, 6) is 1.32. The lowest BCUT2D eigenvalue weighted by molar-refractivity contribution is 0.274. The maximum absolute atomic E-state index is 12.9. The van der Waals surface area contributed by atoms with E-state index in [0.717, 1.165) is 12.5 Å². The third kappa shape index (κ3) is 3.15. The van der Waals surface area contributed by atoms with Gasteiger partial charge in [-0.25, -0.2) is 4.39 Å². The predicted molar refractivity (Wildman–Crippen MR) is 75.8 cm³/mol. The Balaban J connectivity index is 1.39. The van der Waals surface area contributed by atoms with Gasteiger partial charge in [0.25, 0.3) is 0 Å². The molecule has 1 heterocycles. The Morgan fingerprint density at radius 1 is 1.26 bits per heavy atom. The zero-order valence-electron chi connectivity index (χ0n) is 11.6. The summed E-state index contributed by atoms with van der Waals surface area (Å²) in [7, 11) is 2.20. The van der Waals surface area contributed by atoms with E-state index in [-0.39, 0.29) is 5.82 Å². The lowest BCUT2D eigenvalue weighted by Crippen LogP contribution is -2.42. The molecule has 1 aromatic carbocycles. The van der Waals surface area contributed by atoms with E-state index in [1.807, 2.05) is 12.1 Å². The SMILES string of the molecule is CN1CCC(CNC2CC(c3ccc(F)cc3)C2)C1. The van der Waals surface area contributed by atoms with E-state index in [1.165, 1.54) is 37.9 Å². The summed E-state index contributed by atoms with van der Waals surface area (Å²) in [6, 6.07) is 7.68. The topological polar surface area (TPSA) is 15.3 Å². The summed E-state index contributed by atoms with van der Waals surface area (Å²) in [5.41, 5.74) is 1.29. The van der Waals surface area contributed by atoms with Crippen molar-refractivity contribution < 1.29 is 4.39 Å². The van der Waals surface area contributed by atoms with Crippen molar-refractivity contribution in [3.63, 3.8) is 0 Å². The monoisotopic (exact) mass is 262 g/mol. The van der Waals surface area contributed by atoms with Gasteiger partial charge in [-0.3, -0.25) is 0 Å². The van der Waals surface area contributed by atoms with Gasteiger partial charge in [0.05, 0.1) is 0 Å². The molecule has 1 aliphatic heterocycles. The standard InChI is InChI=1S/C16H23FN2/c1-19-7-6-12(11-19)10-18-16-8-14(9-16)13-2-4-15(17)5-3-13/h2-5,12,14,16,18H,6-11H2,1H3. The van der Waals surface area contributed by atoms with Gasteiger partial charge in [0.1, 0.15) is 5.82 Å². The predicted octanol–water partition coefficient (Wildman–Crippen LogP) is 2.61. The molecule has 0 spiro atoms. The van der Waals surface area contributed by atoms with Crippen molar-refractivity contribution in [2.24, 2.45) is 5.92 Å². The lowest BCUT2D eigenvalue weighted by atomic mass is 9.76. The first-order valence-electron chi connectivity index (χ1n) is 7.38. The van der Waals surface area contributed by atoms with Gasteiger partial charge >= 0.3 is 0 Å². The summed E-state index contributed by atoms with van der Waals surface area (Å²) >= 11 is 0. The van der Waals surface area contributed by atoms with Crippen LogP contribution in [0.4, 0.5) is 4.39 Å². The number of hydrogen-bond donors (Lipinski definition) is 1. The highest BCUT2D eigenvalue weighted by molar-refractivity contribution is 5.23. The maximum Gasteiger partial charge on any atom is 0.123 e. The summed E-state index contributed by atoms with van der Waals surface area (Å²) in [6.45, 7) is 3.64. The minimum atomic E-state index is -0.136. The van der Waals surface area contributed by atoms with E-state index >= 15 is 0 Å². The minimum absolute atomic E-state index is 0.136. The molecule has 1 saturated carbocycles. The number of halogens is 1. The third-order valence-electron chi connectivity index (χ3n) is 4.66. The number of rotatable bonds is 4. The van der Waals surface area contributed by atoms with E-state index in [9.17, 15) is 4.39 Å². The smallest absolute Gasteiger partial charge is 0.123 e. The Hall–Kier alpha value is -0.930. The molecule has 1 aromatic rings. The van der Waals surface area contributed by atoms with E-state index in [1.54, 1.807) is 12.1 Å². The Morgan fingerprint density at radius 2 is 2.00 bits per heavy atom. The molecule has 1 atom stereocenters. The van der Waals surface area contributed by atoms with E-state index < -0.39 is 0 Å². The Kier molecular flexibility index (Phi) is 3.85. The van der Waals surface area contributed by atoms with Crippen LogP contribution in [0.1, 0.15) is 30.7 Å². The van der Waals surface area contributed by atoms with E-state index in [4.69, 9.17) is 0 Å². The molecule has 104 valence electrons. The fourth-order valence-corrected chi connectivity index (χ4v) is 3.32. The van der Waals surface area contributed by atoms with Crippen LogP contribution in [0.2, 0.25) is 0 Å². The maximum atomic E-state index is 12.9. The van der Waals surface area contributed by atoms with E-state index in [0.29, 0.717) is 12.0 Å². The molecule has 2 aliphatic rings.